The number of benzene rings is 1. The molecule has 21 heavy (non-hydrogen) atoms. The number of alkyl halides is 1. The summed E-state index contributed by atoms with van der Waals surface area (Å²) in [5.74, 6) is -0.433. The van der Waals surface area contributed by atoms with Gasteiger partial charge in [0, 0.05) is 28.9 Å². The molecule has 0 bridgehead atoms. The molecule has 0 saturated heterocycles. The highest BCUT2D eigenvalue weighted by Gasteiger charge is 2.02. The Morgan fingerprint density at radius 3 is 2.71 bits per heavy atom. The number of halogens is 1. The number of aromatic nitrogens is 2. The molecule has 0 amide bonds. The fourth-order valence-corrected chi connectivity index (χ4v) is 2.04. The zero-order chi connectivity index (χ0) is 15.2. The van der Waals surface area contributed by atoms with Gasteiger partial charge in [0.25, 0.3) is 0 Å². The maximum Gasteiger partial charge on any atom is 0.302 e. The number of aromatic amines is 1. The Morgan fingerprint density at radius 1 is 1.29 bits per heavy atom. The van der Waals surface area contributed by atoms with E-state index >= 15 is 0 Å². The number of nitrogens with zero attached hydrogens (tertiary/aromatic N) is 1. The number of carbonyl (C=O) groups is 1. The smallest absolute Gasteiger partial charge is 0.302 e. The maximum absolute atomic E-state index is 11.1. The topological polar surface area (TPSA) is 55.0 Å². The van der Waals surface area contributed by atoms with Crippen molar-refractivity contribution in [2.24, 2.45) is 0 Å². The Morgan fingerprint density at radius 2 is 2.05 bits per heavy atom. The molecular weight excluding hydrogens is 271 g/mol. The van der Waals surface area contributed by atoms with Crippen LogP contribution in [0.25, 0.3) is 21.8 Å². The summed E-state index contributed by atoms with van der Waals surface area (Å²) in [6.45, 7) is 2.55. The van der Waals surface area contributed by atoms with Crippen molar-refractivity contribution in [3.05, 3.63) is 42.2 Å². The minimum absolute atomic E-state index is 0.116. The number of H-pyrrole nitrogens is 1. The summed E-state index contributed by atoms with van der Waals surface area (Å²) in [4.78, 5) is 17.4. The average Bonchev–Trinajstić information content (AvgIpc) is 2.84. The van der Waals surface area contributed by atoms with Gasteiger partial charge in [-0.2, -0.15) is 0 Å². The van der Waals surface area contributed by atoms with Crippen LogP contribution in [-0.4, -0.2) is 29.2 Å². The van der Waals surface area contributed by atoms with Crippen LogP contribution < -0.4 is 0 Å². The Bertz CT molecular complexity index is 752. The van der Waals surface area contributed by atoms with E-state index in [1.54, 1.807) is 0 Å². The highest BCUT2D eigenvalue weighted by atomic mass is 19.1. The quantitative estimate of drug-likeness (QED) is 0.734. The number of para-hydroxylation sites is 1. The maximum atomic E-state index is 11.1. The van der Waals surface area contributed by atoms with Crippen LogP contribution >= 0.6 is 0 Å². The van der Waals surface area contributed by atoms with E-state index in [-0.39, 0.29) is 6.61 Å². The van der Waals surface area contributed by atoms with Gasteiger partial charge in [-0.15, -0.1) is 0 Å². The molecule has 0 radical (unpaired) electrons. The Kier molecular flexibility index (Phi) is 4.87. The lowest BCUT2D eigenvalue weighted by Crippen LogP contribution is -2.00. The van der Waals surface area contributed by atoms with Crippen molar-refractivity contribution in [2.75, 3.05) is 13.3 Å². The second kappa shape index (κ2) is 6.83. The van der Waals surface area contributed by atoms with Crippen molar-refractivity contribution in [1.82, 2.24) is 9.97 Å². The highest BCUT2D eigenvalue weighted by molar-refractivity contribution is 6.06. The normalized spacial score (nSPS) is 10.2. The van der Waals surface area contributed by atoms with Crippen molar-refractivity contribution in [3.63, 3.8) is 0 Å². The van der Waals surface area contributed by atoms with Crippen molar-refractivity contribution >= 4 is 27.8 Å². The van der Waals surface area contributed by atoms with E-state index in [1.807, 2.05) is 19.2 Å². The van der Waals surface area contributed by atoms with Crippen LogP contribution in [0, 0.1) is 6.92 Å². The van der Waals surface area contributed by atoms with Crippen LogP contribution in [0.3, 0.4) is 0 Å². The molecule has 1 N–H and O–H groups in total. The van der Waals surface area contributed by atoms with Gasteiger partial charge in [-0.25, -0.2) is 4.39 Å². The summed E-state index contributed by atoms with van der Waals surface area (Å²) in [6.07, 6.45) is 1.89. The molecule has 4 nitrogen and oxygen atoms in total. The van der Waals surface area contributed by atoms with Crippen LogP contribution in [0.2, 0.25) is 0 Å². The zero-order valence-electron chi connectivity index (χ0n) is 12.0. The lowest BCUT2D eigenvalue weighted by molar-refractivity contribution is -0.141. The van der Waals surface area contributed by atoms with Gasteiger partial charge in [-0.3, -0.25) is 9.78 Å². The Labute approximate surface area is 121 Å². The molecule has 2 aromatic heterocycles. The summed E-state index contributed by atoms with van der Waals surface area (Å²) in [5, 5.41) is 2.53. The van der Waals surface area contributed by atoms with Crippen LogP contribution in [0.4, 0.5) is 4.39 Å². The molecule has 110 valence electrons. The molecule has 5 heteroatoms. The van der Waals surface area contributed by atoms with Gasteiger partial charge >= 0.3 is 5.97 Å². The van der Waals surface area contributed by atoms with E-state index in [2.05, 4.69) is 39.0 Å². The minimum atomic E-state index is -0.598. The molecule has 0 saturated carbocycles. The van der Waals surface area contributed by atoms with Gasteiger partial charge in [0.05, 0.1) is 11.7 Å². The van der Waals surface area contributed by atoms with Gasteiger partial charge in [0.15, 0.2) is 0 Å². The molecule has 0 atom stereocenters. The van der Waals surface area contributed by atoms with Crippen molar-refractivity contribution in [3.8, 4) is 0 Å². The molecule has 0 unspecified atom stereocenters. The van der Waals surface area contributed by atoms with E-state index in [1.165, 1.54) is 23.2 Å². The highest BCUT2D eigenvalue weighted by Crippen LogP contribution is 2.24. The van der Waals surface area contributed by atoms with Crippen molar-refractivity contribution in [1.29, 1.82) is 0 Å². The monoisotopic (exact) mass is 288 g/mol. The van der Waals surface area contributed by atoms with Gasteiger partial charge in [-0.1, -0.05) is 18.2 Å². The first kappa shape index (κ1) is 15.0. The Hall–Kier alpha value is -2.43. The van der Waals surface area contributed by atoms with Crippen LogP contribution in [0.1, 0.15) is 12.6 Å². The van der Waals surface area contributed by atoms with Crippen LogP contribution in [-0.2, 0) is 9.53 Å². The first-order chi connectivity index (χ1) is 10.1. The zero-order valence-corrected chi connectivity index (χ0v) is 12.0. The largest absolute Gasteiger partial charge is 0.463 e. The molecule has 0 fully saturated rings. The van der Waals surface area contributed by atoms with Gasteiger partial charge < -0.3 is 9.72 Å². The predicted octanol–water partition coefficient (Wildman–Crippen LogP) is 3.54. The molecule has 3 aromatic rings. The number of esters is 1. The number of pyridine rings is 1. The van der Waals surface area contributed by atoms with Crippen LogP contribution in [0.15, 0.2) is 36.5 Å². The molecule has 0 aliphatic heterocycles. The fourth-order valence-electron chi connectivity index (χ4n) is 2.04. The third kappa shape index (κ3) is 3.78. The first-order valence-corrected chi connectivity index (χ1v) is 6.64. The number of ether oxygens (including phenoxy) is 1. The number of hydrogen-bond acceptors (Lipinski definition) is 3. The lowest BCUT2D eigenvalue weighted by Gasteiger charge is -1.92. The number of rotatable bonds is 2. The summed E-state index contributed by atoms with van der Waals surface area (Å²) in [7, 11) is 0. The van der Waals surface area contributed by atoms with E-state index in [0.29, 0.717) is 0 Å². The second-order valence-electron chi connectivity index (χ2n) is 4.57. The molecule has 3 rings (SSSR count). The van der Waals surface area contributed by atoms with Gasteiger partial charge in [0.2, 0.25) is 0 Å². The van der Waals surface area contributed by atoms with E-state index in [0.717, 1.165) is 11.2 Å². The van der Waals surface area contributed by atoms with Gasteiger partial charge in [-0.05, 0) is 19.1 Å². The molecule has 2 heterocycles. The van der Waals surface area contributed by atoms with E-state index in [9.17, 15) is 9.18 Å². The molecule has 0 aliphatic rings. The first-order valence-electron chi connectivity index (χ1n) is 6.64. The number of aryl methyl sites for hydroxylation is 1. The Balaban J connectivity index is 0.000000199. The third-order valence-corrected chi connectivity index (χ3v) is 2.91. The van der Waals surface area contributed by atoms with Crippen molar-refractivity contribution < 1.29 is 13.9 Å². The number of hydrogen-bond donors (Lipinski definition) is 1. The van der Waals surface area contributed by atoms with Crippen molar-refractivity contribution in [2.45, 2.75) is 13.8 Å². The third-order valence-electron chi connectivity index (χ3n) is 2.91. The summed E-state index contributed by atoms with van der Waals surface area (Å²) in [6, 6.07) is 10.4. The number of carbonyl (C=O) groups excluding carboxylic acids is 1. The molecule has 0 aliphatic carbocycles. The van der Waals surface area contributed by atoms with E-state index in [4.69, 9.17) is 0 Å². The molecule has 0 spiro atoms. The fraction of sp³-hybridized carbons (Fsp3) is 0.250. The number of nitrogens with one attached hydrogen (secondary N) is 1. The summed E-state index contributed by atoms with van der Waals surface area (Å²) < 4.78 is 15.3. The SMILES string of the molecule is CC(=O)OCCF.Cc1cc2c(cn1)[nH]c1ccccc12. The van der Waals surface area contributed by atoms with Gasteiger partial charge in [0.1, 0.15) is 13.3 Å². The van der Waals surface area contributed by atoms with Crippen LogP contribution in [0.5, 0.6) is 0 Å². The minimum Gasteiger partial charge on any atom is -0.463 e. The lowest BCUT2D eigenvalue weighted by atomic mass is 10.2. The molecular formula is C16H17FN2O2. The van der Waals surface area contributed by atoms with E-state index < -0.39 is 12.6 Å². The average molecular weight is 288 g/mol. The number of fused-ring (bicyclic) bond motifs is 3. The summed E-state index contributed by atoms with van der Waals surface area (Å²) in [5.41, 5.74) is 3.34. The summed E-state index contributed by atoms with van der Waals surface area (Å²) >= 11 is 0. The second-order valence-corrected chi connectivity index (χ2v) is 4.57. The molecule has 1 aromatic carbocycles. The predicted molar refractivity (Wildman–Crippen MR) is 80.9 cm³/mol. The standard InChI is InChI=1S/C12H10N2.C4H7FO2/c1-8-6-10-9-4-2-3-5-11(9)14-12(10)7-13-8;1-4(6)7-3-2-5/h2-7,14H,1H3;2-3H2,1H3.